The molecule has 0 bridgehead atoms. The van der Waals surface area contributed by atoms with Gasteiger partial charge in [-0.25, -0.2) is 4.98 Å². The van der Waals surface area contributed by atoms with Crippen LogP contribution in [0.3, 0.4) is 0 Å². The second-order valence-electron chi connectivity index (χ2n) is 5.68. The van der Waals surface area contributed by atoms with Crippen molar-refractivity contribution >= 4 is 40.1 Å². The highest BCUT2D eigenvalue weighted by Gasteiger charge is 2.19. The Hall–Kier alpha value is -2.87. The minimum atomic E-state index is -0.489. The number of hydrogen-bond acceptors (Lipinski definition) is 5. The van der Waals surface area contributed by atoms with Crippen molar-refractivity contribution in [1.82, 2.24) is 9.55 Å². The summed E-state index contributed by atoms with van der Waals surface area (Å²) in [5.41, 5.74) is 2.27. The van der Waals surface area contributed by atoms with Crippen LogP contribution in [0.15, 0.2) is 53.7 Å². The number of anilines is 1. The summed E-state index contributed by atoms with van der Waals surface area (Å²) < 4.78 is 2.07. The van der Waals surface area contributed by atoms with E-state index in [1.165, 1.54) is 23.9 Å². The highest BCUT2D eigenvalue weighted by molar-refractivity contribution is 8.00. The molecular weight excluding hydrogens is 352 g/mol. The van der Waals surface area contributed by atoms with Gasteiger partial charge in [0.2, 0.25) is 5.91 Å². The van der Waals surface area contributed by atoms with Crippen molar-refractivity contribution in [3.05, 3.63) is 58.6 Å². The fourth-order valence-electron chi connectivity index (χ4n) is 2.60. The topological polar surface area (TPSA) is 90.1 Å². The maximum atomic E-state index is 12.5. The van der Waals surface area contributed by atoms with Gasteiger partial charge in [-0.15, -0.1) is 0 Å². The number of aromatic nitrogens is 2. The van der Waals surface area contributed by atoms with Crippen molar-refractivity contribution in [2.24, 2.45) is 0 Å². The normalized spacial score (nSPS) is 12.1. The molecule has 1 aromatic heterocycles. The number of carbonyl (C=O) groups is 1. The third-order valence-electron chi connectivity index (χ3n) is 3.91. The van der Waals surface area contributed by atoms with Crippen molar-refractivity contribution in [2.45, 2.75) is 30.8 Å². The van der Waals surface area contributed by atoms with Gasteiger partial charge in [0.25, 0.3) is 5.69 Å². The third-order valence-corrected chi connectivity index (χ3v) is 5.00. The summed E-state index contributed by atoms with van der Waals surface area (Å²) in [5.74, 6) is -0.231. The molecule has 0 saturated carbocycles. The molecule has 3 aromatic rings. The van der Waals surface area contributed by atoms with E-state index in [1.807, 2.05) is 31.2 Å². The molecular formula is C18H18N4O3S. The summed E-state index contributed by atoms with van der Waals surface area (Å²) in [6.07, 6.45) is 0. The Kier molecular flexibility index (Phi) is 5.22. The lowest BCUT2D eigenvalue weighted by Crippen LogP contribution is -2.23. The molecule has 0 aliphatic heterocycles. The van der Waals surface area contributed by atoms with E-state index in [0.717, 1.165) is 22.7 Å². The number of para-hydroxylation sites is 2. The van der Waals surface area contributed by atoms with E-state index in [-0.39, 0.29) is 11.6 Å². The van der Waals surface area contributed by atoms with E-state index in [4.69, 9.17) is 0 Å². The number of carbonyl (C=O) groups excluding carboxylic acids is 1. The highest BCUT2D eigenvalue weighted by Crippen LogP contribution is 2.28. The first-order valence-electron chi connectivity index (χ1n) is 8.17. The van der Waals surface area contributed by atoms with E-state index in [0.29, 0.717) is 5.69 Å². The van der Waals surface area contributed by atoms with Gasteiger partial charge in [-0.1, -0.05) is 30.0 Å². The summed E-state index contributed by atoms with van der Waals surface area (Å²) in [6.45, 7) is 4.57. The quantitative estimate of drug-likeness (QED) is 0.401. The molecule has 0 unspecified atom stereocenters. The van der Waals surface area contributed by atoms with Gasteiger partial charge >= 0.3 is 0 Å². The zero-order chi connectivity index (χ0) is 18.7. The number of nitrogens with one attached hydrogen (secondary N) is 1. The monoisotopic (exact) mass is 370 g/mol. The lowest BCUT2D eigenvalue weighted by Gasteiger charge is -2.12. The van der Waals surface area contributed by atoms with E-state index >= 15 is 0 Å². The molecule has 1 atom stereocenters. The predicted molar refractivity (Wildman–Crippen MR) is 102 cm³/mol. The number of non-ortho nitro benzene ring substituents is 1. The minimum Gasteiger partial charge on any atom is -0.325 e. The predicted octanol–water partition coefficient (Wildman–Crippen LogP) is 4.08. The van der Waals surface area contributed by atoms with Gasteiger partial charge in [0, 0.05) is 24.4 Å². The fraction of sp³-hybridized carbons (Fsp3) is 0.222. The molecule has 0 aliphatic rings. The van der Waals surface area contributed by atoms with Crippen LogP contribution in [0.2, 0.25) is 0 Å². The largest absolute Gasteiger partial charge is 0.325 e. The number of aryl methyl sites for hydroxylation is 1. The van der Waals surface area contributed by atoms with Gasteiger partial charge in [-0.05, 0) is 32.0 Å². The van der Waals surface area contributed by atoms with E-state index in [2.05, 4.69) is 14.9 Å². The minimum absolute atomic E-state index is 0.0594. The van der Waals surface area contributed by atoms with Gasteiger partial charge < -0.3 is 9.88 Å². The lowest BCUT2D eigenvalue weighted by molar-refractivity contribution is -0.384. The standard InChI is InChI=1S/C18H18N4O3S/c1-3-21-16-10-5-4-9-15(16)20-18(21)26-12(2)17(23)19-13-7-6-8-14(11-13)22(24)25/h4-12H,3H2,1-2H3,(H,19,23)/t12-/m1/s1. The Labute approximate surface area is 154 Å². The molecule has 0 spiro atoms. The molecule has 1 heterocycles. The summed E-state index contributed by atoms with van der Waals surface area (Å²) in [5, 5.41) is 13.9. The Morgan fingerprint density at radius 1 is 1.31 bits per heavy atom. The van der Waals surface area contributed by atoms with Crippen LogP contribution in [0.5, 0.6) is 0 Å². The van der Waals surface area contributed by atoms with E-state index in [9.17, 15) is 14.9 Å². The van der Waals surface area contributed by atoms with Gasteiger partial charge in [0.05, 0.1) is 21.2 Å². The Balaban J connectivity index is 1.75. The molecule has 8 heteroatoms. The van der Waals surface area contributed by atoms with Gasteiger partial charge in [0.1, 0.15) is 0 Å². The number of nitrogens with zero attached hydrogens (tertiary/aromatic N) is 3. The molecule has 0 saturated heterocycles. The zero-order valence-electron chi connectivity index (χ0n) is 14.4. The summed E-state index contributed by atoms with van der Waals surface area (Å²) in [7, 11) is 0. The van der Waals surface area contributed by atoms with Gasteiger partial charge in [0.15, 0.2) is 5.16 Å². The molecule has 1 amide bonds. The number of thioether (sulfide) groups is 1. The zero-order valence-corrected chi connectivity index (χ0v) is 15.2. The maximum absolute atomic E-state index is 12.5. The summed E-state index contributed by atoms with van der Waals surface area (Å²) >= 11 is 1.36. The Bertz CT molecular complexity index is 970. The first-order valence-corrected chi connectivity index (χ1v) is 9.04. The Morgan fingerprint density at radius 2 is 2.08 bits per heavy atom. The second-order valence-corrected chi connectivity index (χ2v) is 6.99. The Morgan fingerprint density at radius 3 is 2.81 bits per heavy atom. The van der Waals surface area contributed by atoms with Crippen molar-refractivity contribution in [2.75, 3.05) is 5.32 Å². The van der Waals surface area contributed by atoms with E-state index < -0.39 is 10.2 Å². The number of hydrogen-bond donors (Lipinski definition) is 1. The van der Waals surface area contributed by atoms with Gasteiger partial charge in [-0.2, -0.15) is 0 Å². The molecule has 0 fully saturated rings. The van der Waals surface area contributed by atoms with Crippen molar-refractivity contribution in [1.29, 1.82) is 0 Å². The number of amides is 1. The van der Waals surface area contributed by atoms with Crippen LogP contribution in [0, 0.1) is 10.1 Å². The van der Waals surface area contributed by atoms with Crippen LogP contribution in [0.4, 0.5) is 11.4 Å². The molecule has 7 nitrogen and oxygen atoms in total. The molecule has 134 valence electrons. The van der Waals surface area contributed by atoms with Crippen molar-refractivity contribution in [3.8, 4) is 0 Å². The fourth-order valence-corrected chi connectivity index (χ4v) is 3.59. The van der Waals surface area contributed by atoms with E-state index in [1.54, 1.807) is 19.1 Å². The number of imidazole rings is 1. The number of benzene rings is 2. The lowest BCUT2D eigenvalue weighted by atomic mass is 10.2. The first-order chi connectivity index (χ1) is 12.5. The average molecular weight is 370 g/mol. The SMILES string of the molecule is CCn1c(S[C@H](C)C(=O)Nc2cccc([N+](=O)[O-])c2)nc2ccccc21. The highest BCUT2D eigenvalue weighted by atomic mass is 32.2. The van der Waals surface area contributed by atoms with Crippen LogP contribution in [-0.2, 0) is 11.3 Å². The number of rotatable bonds is 6. The second kappa shape index (κ2) is 7.57. The first kappa shape index (κ1) is 17.9. The molecule has 0 aliphatic carbocycles. The molecule has 2 aromatic carbocycles. The van der Waals surface area contributed by atoms with Crippen LogP contribution in [0.1, 0.15) is 13.8 Å². The molecule has 0 radical (unpaired) electrons. The van der Waals surface area contributed by atoms with Crippen molar-refractivity contribution in [3.63, 3.8) is 0 Å². The van der Waals surface area contributed by atoms with Crippen molar-refractivity contribution < 1.29 is 9.72 Å². The van der Waals surface area contributed by atoms with Crippen LogP contribution in [-0.4, -0.2) is 25.6 Å². The summed E-state index contributed by atoms with van der Waals surface area (Å²) in [6, 6.07) is 13.7. The molecule has 1 N–H and O–H groups in total. The summed E-state index contributed by atoms with van der Waals surface area (Å²) in [4.78, 5) is 27.4. The third kappa shape index (κ3) is 3.70. The number of fused-ring (bicyclic) bond motifs is 1. The van der Waals surface area contributed by atoms with Crippen LogP contribution >= 0.6 is 11.8 Å². The average Bonchev–Trinajstić information content (AvgIpc) is 2.98. The molecule has 26 heavy (non-hydrogen) atoms. The smallest absolute Gasteiger partial charge is 0.271 e. The maximum Gasteiger partial charge on any atom is 0.271 e. The van der Waals surface area contributed by atoms with Crippen LogP contribution < -0.4 is 5.32 Å². The number of nitro benzene ring substituents is 1. The molecule has 3 rings (SSSR count). The van der Waals surface area contributed by atoms with Crippen LogP contribution in [0.25, 0.3) is 11.0 Å². The van der Waals surface area contributed by atoms with Gasteiger partial charge in [-0.3, -0.25) is 14.9 Å². The number of nitro groups is 1.